The standard InChI is InChI=1S/C30H33N7O4S/c38-21(14-20-18-41-19-20)4-5-27(39)36-8-6-35(7-9-36)17-22-15-26-28(42-22)30(37-10-12-40-13-11-37)33-29(32-26)23-2-1-3-25-24(23)16-31-34-25/h1-3,14-16H,4-13,17-19H2,(H,31,34). The number of benzene rings is 1. The number of nitrogens with one attached hydrogen (secondary N) is 1. The molecule has 0 spiro atoms. The number of aromatic nitrogens is 4. The molecule has 0 aliphatic carbocycles. The van der Waals surface area contributed by atoms with Gasteiger partial charge in [0.2, 0.25) is 5.91 Å². The van der Waals surface area contributed by atoms with Gasteiger partial charge in [0.1, 0.15) is 0 Å². The number of ketones is 1. The lowest BCUT2D eigenvalue weighted by Gasteiger charge is -2.34. The molecule has 42 heavy (non-hydrogen) atoms. The van der Waals surface area contributed by atoms with E-state index in [1.807, 2.05) is 29.3 Å². The third-order valence-corrected chi connectivity index (χ3v) is 9.18. The second kappa shape index (κ2) is 11.9. The molecule has 3 aliphatic rings. The molecule has 3 aromatic heterocycles. The number of rotatable bonds is 8. The Morgan fingerprint density at radius 2 is 1.83 bits per heavy atom. The number of carbonyl (C=O) groups is 2. The van der Waals surface area contributed by atoms with Crippen LogP contribution in [-0.2, 0) is 25.6 Å². The van der Waals surface area contributed by atoms with Gasteiger partial charge < -0.3 is 19.3 Å². The first-order chi connectivity index (χ1) is 20.6. The predicted molar refractivity (Wildman–Crippen MR) is 161 cm³/mol. The van der Waals surface area contributed by atoms with E-state index in [1.165, 1.54) is 4.88 Å². The summed E-state index contributed by atoms with van der Waals surface area (Å²) in [6.07, 6.45) is 3.98. The summed E-state index contributed by atoms with van der Waals surface area (Å²) in [4.78, 5) is 42.8. The van der Waals surface area contributed by atoms with Gasteiger partial charge in [-0.15, -0.1) is 11.3 Å². The van der Waals surface area contributed by atoms with Crippen LogP contribution in [0, 0.1) is 0 Å². The molecule has 0 saturated carbocycles. The largest absolute Gasteiger partial charge is 0.378 e. The molecule has 1 N–H and O–H groups in total. The van der Waals surface area contributed by atoms with Crippen LogP contribution in [0.1, 0.15) is 17.7 Å². The monoisotopic (exact) mass is 587 g/mol. The molecule has 6 heterocycles. The van der Waals surface area contributed by atoms with Crippen molar-refractivity contribution < 1.29 is 19.1 Å². The number of fused-ring (bicyclic) bond motifs is 2. The molecule has 7 rings (SSSR count). The summed E-state index contributed by atoms with van der Waals surface area (Å²) >= 11 is 1.75. The highest BCUT2D eigenvalue weighted by atomic mass is 32.1. The van der Waals surface area contributed by atoms with E-state index in [2.05, 4.69) is 26.1 Å². The van der Waals surface area contributed by atoms with Gasteiger partial charge in [0, 0.05) is 74.5 Å². The molecule has 0 unspecified atom stereocenters. The Labute approximate surface area is 247 Å². The van der Waals surface area contributed by atoms with Gasteiger partial charge in [-0.05, 0) is 23.8 Å². The van der Waals surface area contributed by atoms with Crippen molar-refractivity contribution in [3.05, 3.63) is 47.0 Å². The number of morpholine rings is 1. The number of aromatic amines is 1. The summed E-state index contributed by atoms with van der Waals surface area (Å²) in [7, 11) is 0. The Morgan fingerprint density at radius 1 is 1.00 bits per heavy atom. The Balaban J connectivity index is 1.05. The number of carbonyl (C=O) groups excluding carboxylic acids is 2. The number of hydrogen-bond donors (Lipinski definition) is 1. The summed E-state index contributed by atoms with van der Waals surface area (Å²) in [5.74, 6) is 1.72. The molecule has 3 saturated heterocycles. The Morgan fingerprint density at radius 3 is 2.62 bits per heavy atom. The maximum Gasteiger partial charge on any atom is 0.223 e. The highest BCUT2D eigenvalue weighted by molar-refractivity contribution is 7.19. The minimum absolute atomic E-state index is 0.00852. The lowest BCUT2D eigenvalue weighted by atomic mass is 10.1. The van der Waals surface area contributed by atoms with Gasteiger partial charge in [0.15, 0.2) is 17.4 Å². The molecule has 4 aromatic rings. The summed E-state index contributed by atoms with van der Waals surface area (Å²) in [6.45, 7) is 7.75. The van der Waals surface area contributed by atoms with Crippen LogP contribution in [-0.4, -0.2) is 107 Å². The average Bonchev–Trinajstić information content (AvgIpc) is 3.65. The number of allylic oxidation sites excluding steroid dienone is 1. The van der Waals surface area contributed by atoms with Crippen molar-refractivity contribution >= 4 is 50.0 Å². The van der Waals surface area contributed by atoms with E-state index in [0.29, 0.717) is 45.3 Å². The number of ether oxygens (including phenoxy) is 2. The minimum Gasteiger partial charge on any atom is -0.378 e. The third kappa shape index (κ3) is 5.67. The topological polar surface area (TPSA) is 117 Å². The summed E-state index contributed by atoms with van der Waals surface area (Å²) in [6, 6.07) is 8.25. The molecule has 218 valence electrons. The van der Waals surface area contributed by atoms with Crippen molar-refractivity contribution in [3.63, 3.8) is 0 Å². The van der Waals surface area contributed by atoms with E-state index in [4.69, 9.17) is 19.4 Å². The fourth-order valence-corrected chi connectivity index (χ4v) is 6.84. The van der Waals surface area contributed by atoms with Gasteiger partial charge >= 0.3 is 0 Å². The molecule has 1 aromatic carbocycles. The van der Waals surface area contributed by atoms with E-state index >= 15 is 0 Å². The van der Waals surface area contributed by atoms with Crippen molar-refractivity contribution in [1.82, 2.24) is 30.0 Å². The molecule has 0 bridgehead atoms. The second-order valence-corrected chi connectivity index (χ2v) is 12.1. The van der Waals surface area contributed by atoms with Crippen molar-refractivity contribution in [3.8, 4) is 11.4 Å². The van der Waals surface area contributed by atoms with Crippen LogP contribution < -0.4 is 4.90 Å². The minimum atomic E-state index is 0.00852. The maximum atomic E-state index is 12.7. The zero-order chi connectivity index (χ0) is 28.5. The molecule has 0 radical (unpaired) electrons. The zero-order valence-corrected chi connectivity index (χ0v) is 24.2. The van der Waals surface area contributed by atoms with Crippen LogP contribution in [0.15, 0.2) is 42.1 Å². The molecular formula is C30H33N7O4S. The lowest BCUT2D eigenvalue weighted by Crippen LogP contribution is -2.48. The fourth-order valence-electron chi connectivity index (χ4n) is 5.68. The predicted octanol–water partition coefficient (Wildman–Crippen LogP) is 3.02. The van der Waals surface area contributed by atoms with Gasteiger partial charge in [-0.25, -0.2) is 9.97 Å². The lowest BCUT2D eigenvalue weighted by molar-refractivity contribution is -0.134. The van der Waals surface area contributed by atoms with E-state index in [-0.39, 0.29) is 24.5 Å². The number of hydrogen-bond acceptors (Lipinski definition) is 10. The Bertz CT molecular complexity index is 1640. The third-order valence-electron chi connectivity index (χ3n) is 8.07. The van der Waals surface area contributed by atoms with Crippen molar-refractivity contribution in [2.24, 2.45) is 0 Å². The van der Waals surface area contributed by atoms with Gasteiger partial charge in [0.05, 0.1) is 48.4 Å². The second-order valence-electron chi connectivity index (χ2n) is 11.0. The number of nitrogens with zero attached hydrogens (tertiary/aromatic N) is 6. The summed E-state index contributed by atoms with van der Waals surface area (Å²) in [5, 5.41) is 8.27. The number of piperazine rings is 1. The smallest absolute Gasteiger partial charge is 0.223 e. The molecule has 12 heteroatoms. The number of thiophene rings is 1. The van der Waals surface area contributed by atoms with E-state index < -0.39 is 0 Å². The first-order valence-electron chi connectivity index (χ1n) is 14.5. The Hall–Kier alpha value is -3.71. The highest BCUT2D eigenvalue weighted by Gasteiger charge is 2.24. The van der Waals surface area contributed by atoms with Gasteiger partial charge in [0.25, 0.3) is 0 Å². The summed E-state index contributed by atoms with van der Waals surface area (Å²) in [5.41, 5.74) is 3.88. The van der Waals surface area contributed by atoms with Crippen LogP contribution in [0.2, 0.25) is 0 Å². The van der Waals surface area contributed by atoms with E-state index in [9.17, 15) is 9.59 Å². The van der Waals surface area contributed by atoms with E-state index in [0.717, 1.165) is 70.8 Å². The number of amides is 1. The zero-order valence-electron chi connectivity index (χ0n) is 23.4. The highest BCUT2D eigenvalue weighted by Crippen LogP contribution is 2.36. The average molecular weight is 588 g/mol. The molecule has 11 nitrogen and oxygen atoms in total. The molecule has 3 fully saturated rings. The molecule has 3 aliphatic heterocycles. The molecule has 0 atom stereocenters. The quantitative estimate of drug-likeness (QED) is 0.311. The SMILES string of the molecule is O=C(C=C1COC1)CCC(=O)N1CCN(Cc2cc3nc(-c4cccc5[nH]ncc45)nc(N4CCOCC4)c3s2)CC1. The number of anilines is 1. The van der Waals surface area contributed by atoms with Gasteiger partial charge in [-0.3, -0.25) is 19.6 Å². The molecular weight excluding hydrogens is 554 g/mol. The molecule has 1 amide bonds. The van der Waals surface area contributed by atoms with Crippen LogP contribution in [0.3, 0.4) is 0 Å². The normalized spacial score (nSPS) is 18.0. The summed E-state index contributed by atoms with van der Waals surface area (Å²) < 4.78 is 11.8. The van der Waals surface area contributed by atoms with Crippen LogP contribution in [0.4, 0.5) is 5.82 Å². The van der Waals surface area contributed by atoms with E-state index in [1.54, 1.807) is 17.4 Å². The first-order valence-corrected chi connectivity index (χ1v) is 15.3. The van der Waals surface area contributed by atoms with Gasteiger partial charge in [-0.2, -0.15) is 5.10 Å². The van der Waals surface area contributed by atoms with Crippen molar-refractivity contribution in [2.45, 2.75) is 19.4 Å². The number of H-pyrrole nitrogens is 1. The van der Waals surface area contributed by atoms with Crippen molar-refractivity contribution in [1.29, 1.82) is 0 Å². The van der Waals surface area contributed by atoms with Crippen LogP contribution in [0.25, 0.3) is 32.5 Å². The van der Waals surface area contributed by atoms with Crippen LogP contribution in [0.5, 0.6) is 0 Å². The fraction of sp³-hybridized carbons (Fsp3) is 0.433. The van der Waals surface area contributed by atoms with Crippen LogP contribution >= 0.6 is 11.3 Å². The maximum absolute atomic E-state index is 12.7. The van der Waals surface area contributed by atoms with Gasteiger partial charge in [-0.1, -0.05) is 12.1 Å². The van der Waals surface area contributed by atoms with Crippen molar-refractivity contribution in [2.75, 3.05) is 70.6 Å². The first kappa shape index (κ1) is 27.1. The Kier molecular flexibility index (Phi) is 7.68.